The summed E-state index contributed by atoms with van der Waals surface area (Å²) in [4.78, 5) is 24.3. The Bertz CT molecular complexity index is 564. The second-order valence-corrected chi connectivity index (χ2v) is 6.47. The van der Waals surface area contributed by atoms with Crippen LogP contribution in [0.1, 0.15) is 40.5 Å². The quantitative estimate of drug-likeness (QED) is 0.780. The number of amides is 1. The van der Waals surface area contributed by atoms with Crippen molar-refractivity contribution in [3.63, 3.8) is 0 Å². The lowest BCUT2D eigenvalue weighted by Gasteiger charge is -2.17. The normalized spacial score (nSPS) is 11.5. The second-order valence-electron chi connectivity index (χ2n) is 6.08. The van der Waals surface area contributed by atoms with E-state index in [1.807, 2.05) is 0 Å². The van der Waals surface area contributed by atoms with E-state index in [0.29, 0.717) is 19.8 Å². The van der Waals surface area contributed by atoms with Crippen LogP contribution in [0.15, 0.2) is 10.9 Å². The molecule has 0 unspecified atom stereocenters. The van der Waals surface area contributed by atoms with E-state index in [1.54, 1.807) is 20.8 Å². The fourth-order valence-corrected chi connectivity index (χ4v) is 1.76. The van der Waals surface area contributed by atoms with Crippen LogP contribution in [0, 0.1) is 5.41 Å². The minimum absolute atomic E-state index is 0.133. The Hall–Kier alpha value is -1.40. The molecule has 22 heavy (non-hydrogen) atoms. The minimum atomic E-state index is -0.601. The molecule has 1 rings (SSSR count). The number of anilines is 1. The monoisotopic (exact) mass is 329 g/mol. The molecule has 6 nitrogen and oxygen atoms in total. The van der Waals surface area contributed by atoms with Gasteiger partial charge in [0.25, 0.3) is 5.56 Å². The van der Waals surface area contributed by atoms with Crippen molar-refractivity contribution in [2.75, 3.05) is 18.5 Å². The first-order valence-electron chi connectivity index (χ1n) is 7.42. The lowest BCUT2D eigenvalue weighted by atomic mass is 9.96. The topological polar surface area (TPSA) is 73.2 Å². The first kappa shape index (κ1) is 18.6. The van der Waals surface area contributed by atoms with Gasteiger partial charge in [0.2, 0.25) is 5.91 Å². The van der Waals surface area contributed by atoms with Gasteiger partial charge in [-0.05, 0) is 6.42 Å². The Balaban J connectivity index is 2.80. The zero-order valence-corrected chi connectivity index (χ0v) is 14.4. The molecular weight excluding hydrogens is 306 g/mol. The maximum atomic E-state index is 12.3. The number of nitrogens with one attached hydrogen (secondary N) is 1. The van der Waals surface area contributed by atoms with Gasteiger partial charge < -0.3 is 10.1 Å². The molecule has 0 atom stereocenters. The summed E-state index contributed by atoms with van der Waals surface area (Å²) >= 11 is 5.92. The average molecular weight is 330 g/mol. The van der Waals surface area contributed by atoms with Crippen LogP contribution in [0.2, 0.25) is 5.15 Å². The fraction of sp³-hybridized carbons (Fsp3) is 0.667. The highest BCUT2D eigenvalue weighted by Gasteiger charge is 2.22. The van der Waals surface area contributed by atoms with Crippen LogP contribution >= 0.6 is 11.6 Å². The van der Waals surface area contributed by atoms with Gasteiger partial charge in [-0.2, -0.15) is 5.10 Å². The van der Waals surface area contributed by atoms with E-state index < -0.39 is 5.41 Å². The molecule has 1 amide bonds. The van der Waals surface area contributed by atoms with E-state index in [-0.39, 0.29) is 22.3 Å². The number of carbonyl (C=O) groups excluding carboxylic acids is 1. The minimum Gasteiger partial charge on any atom is -0.380 e. The van der Waals surface area contributed by atoms with Gasteiger partial charge in [-0.15, -0.1) is 0 Å². The van der Waals surface area contributed by atoms with Gasteiger partial charge in [0, 0.05) is 18.1 Å². The van der Waals surface area contributed by atoms with Gasteiger partial charge in [0.1, 0.15) is 5.69 Å². The number of halogens is 1. The second kappa shape index (κ2) is 8.29. The lowest BCUT2D eigenvalue weighted by molar-refractivity contribution is -0.123. The maximum Gasteiger partial charge on any atom is 0.290 e. The number of rotatable bonds is 7. The summed E-state index contributed by atoms with van der Waals surface area (Å²) in [5.74, 6) is -0.252. The molecule has 0 saturated carbocycles. The van der Waals surface area contributed by atoms with E-state index in [0.717, 1.165) is 12.8 Å². The number of nitrogens with zero attached hydrogens (tertiary/aromatic N) is 2. The predicted octanol–water partition coefficient (Wildman–Crippen LogP) is 2.70. The summed E-state index contributed by atoms with van der Waals surface area (Å²) in [6.45, 7) is 8.71. The number of carbonyl (C=O) groups is 1. The van der Waals surface area contributed by atoms with Crippen LogP contribution in [-0.2, 0) is 16.1 Å². The van der Waals surface area contributed by atoms with E-state index in [1.165, 1.54) is 10.7 Å². The van der Waals surface area contributed by atoms with Gasteiger partial charge >= 0.3 is 0 Å². The van der Waals surface area contributed by atoms with Crippen LogP contribution in [0.4, 0.5) is 5.69 Å². The van der Waals surface area contributed by atoms with Crippen molar-refractivity contribution in [3.05, 3.63) is 21.6 Å². The van der Waals surface area contributed by atoms with Crippen molar-refractivity contribution < 1.29 is 9.53 Å². The highest BCUT2D eigenvalue weighted by Crippen LogP contribution is 2.16. The molecule has 0 aromatic carbocycles. The third-order valence-corrected chi connectivity index (χ3v) is 3.15. The molecule has 7 heteroatoms. The maximum absolute atomic E-state index is 12.3. The first-order valence-corrected chi connectivity index (χ1v) is 7.80. The van der Waals surface area contributed by atoms with E-state index >= 15 is 0 Å². The van der Waals surface area contributed by atoms with Crippen LogP contribution in [0.25, 0.3) is 0 Å². The summed E-state index contributed by atoms with van der Waals surface area (Å²) in [7, 11) is 0. The number of hydrogen-bond acceptors (Lipinski definition) is 4. The Morgan fingerprint density at radius 3 is 2.68 bits per heavy atom. The molecule has 0 radical (unpaired) electrons. The van der Waals surface area contributed by atoms with Gasteiger partial charge in [0.15, 0.2) is 5.15 Å². The highest BCUT2D eigenvalue weighted by atomic mass is 35.5. The molecule has 0 aliphatic carbocycles. The molecule has 1 N–H and O–H groups in total. The predicted molar refractivity (Wildman–Crippen MR) is 87.3 cm³/mol. The summed E-state index contributed by atoms with van der Waals surface area (Å²) in [5.41, 5.74) is -0.856. The summed E-state index contributed by atoms with van der Waals surface area (Å²) in [5, 5.41) is 6.71. The van der Waals surface area contributed by atoms with Gasteiger partial charge in [-0.25, -0.2) is 4.68 Å². The summed E-state index contributed by atoms with van der Waals surface area (Å²) < 4.78 is 6.63. The molecule has 1 heterocycles. The third kappa shape index (κ3) is 5.77. The highest BCUT2D eigenvalue weighted by molar-refractivity contribution is 6.29. The zero-order chi connectivity index (χ0) is 16.8. The molecule has 0 saturated heterocycles. The van der Waals surface area contributed by atoms with Crippen LogP contribution in [-0.4, -0.2) is 28.9 Å². The molecular formula is C15H24ClN3O3. The Morgan fingerprint density at radius 1 is 1.41 bits per heavy atom. The zero-order valence-electron chi connectivity index (χ0n) is 13.6. The Kier molecular flexibility index (Phi) is 7.03. The van der Waals surface area contributed by atoms with Crippen molar-refractivity contribution in [2.24, 2.45) is 5.41 Å². The molecule has 0 fully saturated rings. The lowest BCUT2D eigenvalue weighted by Crippen LogP contribution is -2.33. The molecule has 0 spiro atoms. The SMILES string of the molecule is CCCCOCCn1nc(Cl)cc(NC(=O)C(C)(C)C)c1=O. The van der Waals surface area contributed by atoms with E-state index in [4.69, 9.17) is 16.3 Å². The molecule has 0 aliphatic heterocycles. The molecule has 1 aromatic heterocycles. The number of unbranched alkanes of at least 4 members (excludes halogenated alkanes) is 1. The van der Waals surface area contributed by atoms with Crippen LogP contribution in [0.3, 0.4) is 0 Å². The van der Waals surface area contributed by atoms with Crippen molar-refractivity contribution in [1.29, 1.82) is 0 Å². The van der Waals surface area contributed by atoms with E-state index in [9.17, 15) is 9.59 Å². The number of ether oxygens (including phenoxy) is 1. The Morgan fingerprint density at radius 2 is 2.09 bits per heavy atom. The van der Waals surface area contributed by atoms with Crippen molar-refractivity contribution in [3.8, 4) is 0 Å². The first-order chi connectivity index (χ1) is 10.3. The van der Waals surface area contributed by atoms with Crippen molar-refractivity contribution in [2.45, 2.75) is 47.1 Å². The van der Waals surface area contributed by atoms with Crippen LogP contribution < -0.4 is 10.9 Å². The standard InChI is InChI=1S/C15H24ClN3O3/c1-5-6-8-22-9-7-19-13(20)11(10-12(16)18-19)17-14(21)15(2,3)4/h10H,5-9H2,1-4H3,(H,17,21). The molecule has 0 bridgehead atoms. The van der Waals surface area contributed by atoms with Crippen LogP contribution in [0.5, 0.6) is 0 Å². The van der Waals surface area contributed by atoms with Gasteiger partial charge in [0.05, 0.1) is 13.2 Å². The largest absolute Gasteiger partial charge is 0.380 e. The van der Waals surface area contributed by atoms with Gasteiger partial charge in [-0.1, -0.05) is 45.7 Å². The summed E-state index contributed by atoms with van der Waals surface area (Å²) in [6, 6.07) is 1.36. The summed E-state index contributed by atoms with van der Waals surface area (Å²) in [6.07, 6.45) is 2.03. The molecule has 0 aliphatic rings. The Labute approximate surface area is 135 Å². The van der Waals surface area contributed by atoms with Gasteiger partial charge in [-0.3, -0.25) is 9.59 Å². The number of hydrogen-bond donors (Lipinski definition) is 1. The van der Waals surface area contributed by atoms with Crippen molar-refractivity contribution in [1.82, 2.24) is 9.78 Å². The third-order valence-electron chi connectivity index (χ3n) is 2.96. The smallest absolute Gasteiger partial charge is 0.290 e. The average Bonchev–Trinajstić information content (AvgIpc) is 2.42. The van der Waals surface area contributed by atoms with E-state index in [2.05, 4.69) is 17.3 Å². The fourth-order valence-electron chi connectivity index (χ4n) is 1.56. The number of aromatic nitrogens is 2. The van der Waals surface area contributed by atoms with Crippen molar-refractivity contribution >= 4 is 23.2 Å². The molecule has 124 valence electrons. The molecule has 1 aromatic rings.